The van der Waals surface area contributed by atoms with Crippen molar-refractivity contribution < 1.29 is 13.5 Å². The number of nitrogens with zero attached hydrogens (tertiary/aromatic N) is 1. The van der Waals surface area contributed by atoms with Crippen molar-refractivity contribution in [2.75, 3.05) is 12.4 Å². The summed E-state index contributed by atoms with van der Waals surface area (Å²) in [5.41, 5.74) is 0.895. The number of rotatable bonds is 4. The van der Waals surface area contributed by atoms with Crippen LogP contribution in [0.4, 0.5) is 14.5 Å². The third kappa shape index (κ3) is 2.99. The number of aromatic nitrogens is 1. The van der Waals surface area contributed by atoms with Crippen LogP contribution in [-0.4, -0.2) is 12.1 Å². The fourth-order valence-electron chi connectivity index (χ4n) is 1.67. The van der Waals surface area contributed by atoms with E-state index in [4.69, 9.17) is 4.74 Å². The van der Waals surface area contributed by atoms with Gasteiger partial charge in [-0.3, -0.25) is 0 Å². The van der Waals surface area contributed by atoms with Crippen LogP contribution in [0.5, 0.6) is 5.88 Å². The Bertz CT molecular complexity index is 588. The molecule has 0 atom stereocenters. The Hall–Kier alpha value is -2.17. The first-order valence-electron chi connectivity index (χ1n) is 5.80. The van der Waals surface area contributed by atoms with Gasteiger partial charge >= 0.3 is 0 Å². The van der Waals surface area contributed by atoms with Crippen LogP contribution in [0, 0.1) is 18.6 Å². The normalized spacial score (nSPS) is 10.3. The molecular weight excluding hydrogens is 250 g/mol. The number of anilines is 1. The summed E-state index contributed by atoms with van der Waals surface area (Å²) in [4.78, 5) is 4.16. The number of ether oxygens (including phenoxy) is 1. The molecule has 1 N–H and O–H groups in total. The van der Waals surface area contributed by atoms with Gasteiger partial charge in [-0.05, 0) is 24.6 Å². The number of hydrogen-bond donors (Lipinski definition) is 1. The number of halogens is 2. The van der Waals surface area contributed by atoms with Gasteiger partial charge in [0.25, 0.3) is 0 Å². The third-order valence-electron chi connectivity index (χ3n) is 2.72. The summed E-state index contributed by atoms with van der Waals surface area (Å²) in [6, 6.07) is 7.86. The third-order valence-corrected chi connectivity index (χ3v) is 2.72. The maximum atomic E-state index is 13.8. The molecule has 0 spiro atoms. The Morgan fingerprint density at radius 3 is 2.74 bits per heavy atom. The highest BCUT2D eigenvalue weighted by Crippen LogP contribution is 2.22. The number of pyridine rings is 1. The molecule has 0 saturated heterocycles. The van der Waals surface area contributed by atoms with Gasteiger partial charge in [-0.15, -0.1) is 0 Å². The molecule has 1 aromatic heterocycles. The van der Waals surface area contributed by atoms with E-state index in [-0.39, 0.29) is 12.2 Å². The van der Waals surface area contributed by atoms with Crippen LogP contribution in [0.2, 0.25) is 0 Å². The number of aryl methyl sites for hydroxylation is 1. The summed E-state index contributed by atoms with van der Waals surface area (Å²) in [5, 5.41) is 2.72. The largest absolute Gasteiger partial charge is 0.481 e. The molecule has 0 bridgehead atoms. The quantitative estimate of drug-likeness (QED) is 0.920. The van der Waals surface area contributed by atoms with Crippen molar-refractivity contribution >= 4 is 5.69 Å². The van der Waals surface area contributed by atoms with Gasteiger partial charge in [0.15, 0.2) is 5.82 Å². The first kappa shape index (κ1) is 13.3. The first-order valence-corrected chi connectivity index (χ1v) is 5.80. The zero-order chi connectivity index (χ0) is 13.8. The summed E-state index contributed by atoms with van der Waals surface area (Å²) in [6.07, 6.45) is 0. The Morgan fingerprint density at radius 1 is 1.21 bits per heavy atom. The molecule has 0 fully saturated rings. The fourth-order valence-corrected chi connectivity index (χ4v) is 1.67. The molecule has 100 valence electrons. The average molecular weight is 264 g/mol. The predicted molar refractivity (Wildman–Crippen MR) is 69.2 cm³/mol. The van der Waals surface area contributed by atoms with Gasteiger partial charge in [-0.2, -0.15) is 0 Å². The summed E-state index contributed by atoms with van der Waals surface area (Å²) < 4.78 is 32.3. The van der Waals surface area contributed by atoms with Crippen LogP contribution in [0.3, 0.4) is 0 Å². The van der Waals surface area contributed by atoms with E-state index in [1.54, 1.807) is 25.1 Å². The smallest absolute Gasteiger partial charge is 0.213 e. The lowest BCUT2D eigenvalue weighted by Gasteiger charge is -2.10. The van der Waals surface area contributed by atoms with E-state index in [1.165, 1.54) is 19.2 Å². The average Bonchev–Trinajstić information content (AvgIpc) is 2.43. The molecule has 0 aliphatic heterocycles. The monoisotopic (exact) mass is 264 g/mol. The zero-order valence-corrected chi connectivity index (χ0v) is 10.7. The van der Waals surface area contributed by atoms with Crippen LogP contribution in [0.25, 0.3) is 0 Å². The number of methoxy groups -OCH3 is 1. The van der Waals surface area contributed by atoms with Crippen LogP contribution < -0.4 is 10.1 Å². The van der Waals surface area contributed by atoms with Gasteiger partial charge in [-0.25, -0.2) is 13.8 Å². The summed E-state index contributed by atoms with van der Waals surface area (Å²) in [7, 11) is 1.51. The lowest BCUT2D eigenvalue weighted by Crippen LogP contribution is -2.06. The van der Waals surface area contributed by atoms with Crippen molar-refractivity contribution in [2.45, 2.75) is 13.5 Å². The van der Waals surface area contributed by atoms with E-state index >= 15 is 0 Å². The van der Waals surface area contributed by atoms with Gasteiger partial charge in [-0.1, -0.05) is 12.1 Å². The van der Waals surface area contributed by atoms with Crippen molar-refractivity contribution in [3.63, 3.8) is 0 Å². The maximum Gasteiger partial charge on any atom is 0.213 e. The number of benzene rings is 1. The molecule has 0 amide bonds. The molecule has 1 heterocycles. The van der Waals surface area contributed by atoms with Gasteiger partial charge < -0.3 is 10.1 Å². The molecule has 0 aliphatic rings. The maximum absolute atomic E-state index is 13.8. The SMILES string of the molecule is COc1cccc(CNc2c(F)ccc(C)c2F)n1. The molecule has 1 aromatic carbocycles. The van der Waals surface area contributed by atoms with Crippen LogP contribution in [-0.2, 0) is 6.54 Å². The van der Waals surface area contributed by atoms with Crippen molar-refractivity contribution in [3.8, 4) is 5.88 Å². The highest BCUT2D eigenvalue weighted by molar-refractivity contribution is 5.49. The molecule has 0 saturated carbocycles. The summed E-state index contributed by atoms with van der Waals surface area (Å²) in [6.45, 7) is 1.80. The number of nitrogens with one attached hydrogen (secondary N) is 1. The minimum atomic E-state index is -0.619. The van der Waals surface area contributed by atoms with Gasteiger partial charge in [0, 0.05) is 6.07 Å². The Morgan fingerprint density at radius 2 is 2.00 bits per heavy atom. The Labute approximate surface area is 110 Å². The molecule has 19 heavy (non-hydrogen) atoms. The van der Waals surface area contributed by atoms with Crippen LogP contribution in [0.15, 0.2) is 30.3 Å². The molecule has 2 rings (SSSR count). The van der Waals surface area contributed by atoms with E-state index in [0.717, 1.165) is 0 Å². The van der Waals surface area contributed by atoms with E-state index < -0.39 is 11.6 Å². The first-order chi connectivity index (χ1) is 9.11. The van der Waals surface area contributed by atoms with Crippen molar-refractivity contribution in [1.82, 2.24) is 4.98 Å². The molecular formula is C14H14F2N2O. The predicted octanol–water partition coefficient (Wildman–Crippen LogP) is 3.29. The van der Waals surface area contributed by atoms with E-state index in [1.807, 2.05) is 0 Å². The topological polar surface area (TPSA) is 34.1 Å². The molecule has 0 radical (unpaired) electrons. The minimum absolute atomic E-state index is 0.135. The minimum Gasteiger partial charge on any atom is -0.481 e. The van der Waals surface area contributed by atoms with Gasteiger partial charge in [0.05, 0.1) is 19.3 Å². The molecule has 3 nitrogen and oxygen atoms in total. The Kier molecular flexibility index (Phi) is 3.94. The second-order valence-corrected chi connectivity index (χ2v) is 4.08. The summed E-state index contributed by atoms with van der Waals surface area (Å²) in [5.74, 6) is -0.738. The molecule has 0 unspecified atom stereocenters. The van der Waals surface area contributed by atoms with Crippen LogP contribution >= 0.6 is 0 Å². The standard InChI is InChI=1S/C14H14F2N2O/c1-9-6-7-11(15)14(13(9)16)17-8-10-4-3-5-12(18-10)19-2/h3-7,17H,8H2,1-2H3. The lowest BCUT2D eigenvalue weighted by molar-refractivity contribution is 0.396. The second kappa shape index (κ2) is 5.65. The highest BCUT2D eigenvalue weighted by atomic mass is 19.1. The van der Waals surface area contributed by atoms with Crippen molar-refractivity contribution in [2.24, 2.45) is 0 Å². The van der Waals surface area contributed by atoms with Crippen molar-refractivity contribution in [3.05, 3.63) is 53.2 Å². The Balaban J connectivity index is 2.16. The van der Waals surface area contributed by atoms with Crippen molar-refractivity contribution in [1.29, 1.82) is 0 Å². The van der Waals surface area contributed by atoms with E-state index in [0.29, 0.717) is 17.1 Å². The fraction of sp³-hybridized carbons (Fsp3) is 0.214. The van der Waals surface area contributed by atoms with E-state index in [9.17, 15) is 8.78 Å². The van der Waals surface area contributed by atoms with E-state index in [2.05, 4.69) is 10.3 Å². The lowest BCUT2D eigenvalue weighted by atomic mass is 10.2. The van der Waals surface area contributed by atoms with Gasteiger partial charge in [0.2, 0.25) is 5.88 Å². The van der Waals surface area contributed by atoms with Crippen LogP contribution in [0.1, 0.15) is 11.3 Å². The molecule has 2 aromatic rings. The zero-order valence-electron chi connectivity index (χ0n) is 10.7. The molecule has 0 aliphatic carbocycles. The van der Waals surface area contributed by atoms with Gasteiger partial charge in [0.1, 0.15) is 11.5 Å². The number of hydrogen-bond acceptors (Lipinski definition) is 3. The summed E-state index contributed by atoms with van der Waals surface area (Å²) >= 11 is 0. The second-order valence-electron chi connectivity index (χ2n) is 4.08. The highest BCUT2D eigenvalue weighted by Gasteiger charge is 2.11. The molecule has 5 heteroatoms.